The molecule has 1 atom stereocenters. The zero-order chi connectivity index (χ0) is 13.0. The van der Waals surface area contributed by atoms with Crippen LogP contribution in [0.3, 0.4) is 0 Å². The molecule has 0 aromatic rings. The summed E-state index contributed by atoms with van der Waals surface area (Å²) < 4.78 is 15.1. The van der Waals surface area contributed by atoms with Crippen LogP contribution in [0.5, 0.6) is 0 Å². The highest BCUT2D eigenvalue weighted by Gasteiger charge is 2.34. The van der Waals surface area contributed by atoms with Crippen LogP contribution in [0.15, 0.2) is 23.2 Å². The van der Waals surface area contributed by atoms with Crippen molar-refractivity contribution < 1.29 is 28.9 Å². The number of carboxylic acids is 1. The molecule has 94 valence electrons. The summed E-state index contributed by atoms with van der Waals surface area (Å²) >= 11 is 0. The highest BCUT2D eigenvalue weighted by Crippen LogP contribution is 2.26. The molecule has 0 aromatic carbocycles. The van der Waals surface area contributed by atoms with Gasteiger partial charge in [-0.1, -0.05) is 0 Å². The fraction of sp³-hybridized carbons (Fsp3) is 0.455. The lowest BCUT2D eigenvalue weighted by Gasteiger charge is -2.23. The maximum absolute atomic E-state index is 11.9. The van der Waals surface area contributed by atoms with Crippen LogP contribution in [-0.4, -0.2) is 44.3 Å². The minimum atomic E-state index is -1.09. The first kappa shape index (κ1) is 13.2. The van der Waals surface area contributed by atoms with Crippen LogP contribution in [0.25, 0.3) is 0 Å². The first-order valence-electron chi connectivity index (χ1n) is 4.86. The lowest BCUT2D eigenvalue weighted by atomic mass is 9.95. The zero-order valence-corrected chi connectivity index (χ0v) is 9.85. The van der Waals surface area contributed by atoms with Gasteiger partial charge in [0.05, 0.1) is 20.6 Å². The van der Waals surface area contributed by atoms with Crippen LogP contribution >= 0.6 is 0 Å². The average Bonchev–Trinajstić information content (AvgIpc) is 2.30. The van der Waals surface area contributed by atoms with Gasteiger partial charge in [-0.3, -0.25) is 9.59 Å². The molecule has 0 radical (unpaired) electrons. The van der Waals surface area contributed by atoms with E-state index in [1.165, 1.54) is 27.4 Å². The van der Waals surface area contributed by atoms with Gasteiger partial charge in [0.1, 0.15) is 0 Å². The van der Waals surface area contributed by atoms with Crippen LogP contribution in [0.2, 0.25) is 0 Å². The highest BCUT2D eigenvalue weighted by atomic mass is 16.5. The van der Waals surface area contributed by atoms with Crippen LogP contribution in [-0.2, 0) is 23.8 Å². The molecule has 0 amide bonds. The van der Waals surface area contributed by atoms with Gasteiger partial charge in [-0.05, 0) is 6.08 Å². The Morgan fingerprint density at radius 2 is 2.00 bits per heavy atom. The Bertz CT molecular complexity index is 393. The molecular weight excluding hydrogens is 228 g/mol. The van der Waals surface area contributed by atoms with E-state index in [1.54, 1.807) is 0 Å². The van der Waals surface area contributed by atoms with Crippen molar-refractivity contribution in [1.82, 2.24) is 0 Å². The summed E-state index contributed by atoms with van der Waals surface area (Å²) in [5.74, 6) is -0.965. The number of ketones is 1. The monoisotopic (exact) mass is 242 g/mol. The van der Waals surface area contributed by atoms with Gasteiger partial charge in [0.15, 0.2) is 23.4 Å². The SMILES string of the molecule is COC1=C(OC)C(OC)C(=O)C(CC(=O)O)=C1. The summed E-state index contributed by atoms with van der Waals surface area (Å²) in [6.45, 7) is 0. The molecule has 1 rings (SSSR count). The summed E-state index contributed by atoms with van der Waals surface area (Å²) in [5, 5.41) is 8.70. The Hall–Kier alpha value is -1.82. The highest BCUT2D eigenvalue weighted by molar-refractivity contribution is 6.04. The van der Waals surface area contributed by atoms with E-state index < -0.39 is 17.9 Å². The first-order chi connectivity index (χ1) is 8.04. The number of hydrogen-bond donors (Lipinski definition) is 1. The summed E-state index contributed by atoms with van der Waals surface area (Å²) in [5.41, 5.74) is 0.127. The first-order valence-corrected chi connectivity index (χ1v) is 4.86. The number of ether oxygens (including phenoxy) is 3. The van der Waals surface area contributed by atoms with Gasteiger partial charge in [0, 0.05) is 12.7 Å². The molecule has 0 aromatic heterocycles. The zero-order valence-electron chi connectivity index (χ0n) is 9.85. The molecule has 6 nitrogen and oxygen atoms in total. The van der Waals surface area contributed by atoms with Gasteiger partial charge in [0.25, 0.3) is 0 Å². The predicted octanol–water partition coefficient (Wildman–Crippen LogP) is 0.490. The standard InChI is InChI=1S/C11H14O6/c1-15-7-4-6(5-8(12)13)9(14)11(17-3)10(7)16-2/h4,11H,5H2,1-3H3,(H,12,13). The molecule has 0 saturated heterocycles. The molecule has 6 heteroatoms. The molecule has 17 heavy (non-hydrogen) atoms. The number of allylic oxidation sites excluding steroid dienone is 1. The molecule has 1 aliphatic carbocycles. The summed E-state index contributed by atoms with van der Waals surface area (Å²) in [4.78, 5) is 22.5. The van der Waals surface area contributed by atoms with Gasteiger partial charge in [-0.15, -0.1) is 0 Å². The maximum Gasteiger partial charge on any atom is 0.307 e. The second kappa shape index (κ2) is 5.49. The topological polar surface area (TPSA) is 82.1 Å². The minimum Gasteiger partial charge on any atom is -0.494 e. The quantitative estimate of drug-likeness (QED) is 0.755. The Balaban J connectivity index is 3.16. The molecule has 1 N–H and O–H groups in total. The largest absolute Gasteiger partial charge is 0.494 e. The van der Waals surface area contributed by atoms with Crippen molar-refractivity contribution in [3.8, 4) is 0 Å². The third kappa shape index (κ3) is 2.65. The molecule has 0 spiro atoms. The third-order valence-electron chi connectivity index (χ3n) is 2.36. The Morgan fingerprint density at radius 1 is 1.35 bits per heavy atom. The fourth-order valence-corrected chi connectivity index (χ4v) is 1.60. The number of carbonyl (C=O) groups is 2. The van der Waals surface area contributed by atoms with Gasteiger partial charge >= 0.3 is 5.97 Å². The van der Waals surface area contributed by atoms with E-state index in [2.05, 4.69) is 0 Å². The summed E-state index contributed by atoms with van der Waals surface area (Å²) in [7, 11) is 4.15. The fourth-order valence-electron chi connectivity index (χ4n) is 1.60. The van der Waals surface area contributed by atoms with Crippen LogP contribution in [0.1, 0.15) is 6.42 Å². The van der Waals surface area contributed by atoms with Crippen molar-refractivity contribution in [2.24, 2.45) is 0 Å². The van der Waals surface area contributed by atoms with E-state index in [1.807, 2.05) is 0 Å². The number of Topliss-reactive ketones (excluding diaryl/α,β-unsaturated/α-hetero) is 1. The smallest absolute Gasteiger partial charge is 0.307 e. The minimum absolute atomic E-state index is 0.127. The van der Waals surface area contributed by atoms with Crippen LogP contribution in [0, 0.1) is 0 Å². The number of carbonyl (C=O) groups excluding carboxylic acids is 1. The number of carboxylic acid groups (broad SMARTS) is 1. The van der Waals surface area contributed by atoms with Crippen molar-refractivity contribution in [1.29, 1.82) is 0 Å². The van der Waals surface area contributed by atoms with Crippen LogP contribution in [0.4, 0.5) is 0 Å². The van der Waals surface area contributed by atoms with Crippen molar-refractivity contribution in [2.45, 2.75) is 12.5 Å². The Labute approximate surface area is 98.5 Å². The molecule has 0 heterocycles. The van der Waals surface area contributed by atoms with Crippen molar-refractivity contribution in [2.75, 3.05) is 21.3 Å². The molecule has 0 saturated carbocycles. The molecule has 1 aliphatic rings. The summed E-state index contributed by atoms with van der Waals surface area (Å²) in [6.07, 6.45) is 0.0437. The Morgan fingerprint density at radius 3 is 2.41 bits per heavy atom. The molecular formula is C11H14O6. The van der Waals surface area contributed by atoms with E-state index in [9.17, 15) is 9.59 Å². The lowest BCUT2D eigenvalue weighted by molar-refractivity contribution is -0.137. The summed E-state index contributed by atoms with van der Waals surface area (Å²) in [6, 6.07) is 0. The molecule has 0 bridgehead atoms. The third-order valence-corrected chi connectivity index (χ3v) is 2.36. The van der Waals surface area contributed by atoms with Gasteiger partial charge in [0.2, 0.25) is 0 Å². The maximum atomic E-state index is 11.9. The van der Waals surface area contributed by atoms with E-state index in [4.69, 9.17) is 19.3 Å². The predicted molar refractivity (Wildman–Crippen MR) is 57.2 cm³/mol. The number of aliphatic carboxylic acids is 1. The second-order valence-electron chi connectivity index (χ2n) is 3.36. The van der Waals surface area contributed by atoms with Crippen molar-refractivity contribution >= 4 is 11.8 Å². The van der Waals surface area contributed by atoms with Crippen molar-refractivity contribution in [3.63, 3.8) is 0 Å². The average molecular weight is 242 g/mol. The van der Waals surface area contributed by atoms with E-state index in [0.717, 1.165) is 0 Å². The second-order valence-corrected chi connectivity index (χ2v) is 3.36. The lowest BCUT2D eigenvalue weighted by Crippen LogP contribution is -2.32. The Kier molecular flexibility index (Phi) is 4.28. The van der Waals surface area contributed by atoms with E-state index in [0.29, 0.717) is 5.76 Å². The van der Waals surface area contributed by atoms with E-state index in [-0.39, 0.29) is 17.8 Å². The van der Waals surface area contributed by atoms with Gasteiger partial charge in [-0.2, -0.15) is 0 Å². The van der Waals surface area contributed by atoms with Crippen molar-refractivity contribution in [3.05, 3.63) is 23.2 Å². The molecule has 1 unspecified atom stereocenters. The van der Waals surface area contributed by atoms with E-state index >= 15 is 0 Å². The number of hydrogen-bond acceptors (Lipinski definition) is 5. The van der Waals surface area contributed by atoms with Gasteiger partial charge in [-0.25, -0.2) is 0 Å². The number of methoxy groups -OCH3 is 3. The number of rotatable bonds is 5. The van der Waals surface area contributed by atoms with Gasteiger partial charge < -0.3 is 19.3 Å². The normalized spacial score (nSPS) is 20.1. The molecule has 0 fully saturated rings. The molecule has 0 aliphatic heterocycles. The van der Waals surface area contributed by atoms with Crippen LogP contribution < -0.4 is 0 Å².